The summed E-state index contributed by atoms with van der Waals surface area (Å²) >= 11 is 0. The van der Waals surface area contributed by atoms with E-state index in [2.05, 4.69) is 10.3 Å². The minimum Gasteiger partial charge on any atom is -0.370 e. The Kier molecular flexibility index (Phi) is 7.75. The van der Waals surface area contributed by atoms with Gasteiger partial charge in [-0.1, -0.05) is 24.6 Å². The highest BCUT2D eigenvalue weighted by Gasteiger charge is 2.20. The van der Waals surface area contributed by atoms with Crippen molar-refractivity contribution in [1.29, 1.82) is 0 Å². The third-order valence-corrected chi connectivity index (χ3v) is 5.86. The van der Waals surface area contributed by atoms with Crippen LogP contribution in [0.3, 0.4) is 0 Å². The quantitative estimate of drug-likeness (QED) is 0.391. The number of rotatable bonds is 6. The largest absolute Gasteiger partial charge is 0.370 e. The van der Waals surface area contributed by atoms with Crippen LogP contribution >= 0.6 is 24.0 Å². The molecule has 3 N–H and O–H groups in total. The third-order valence-electron chi connectivity index (χ3n) is 3.95. The minimum absolute atomic E-state index is 0. The lowest BCUT2D eigenvalue weighted by Crippen LogP contribution is -2.37. The molecule has 0 spiro atoms. The maximum atomic E-state index is 12.3. The molecule has 2 rings (SSSR count). The van der Waals surface area contributed by atoms with Crippen molar-refractivity contribution in [2.45, 2.75) is 30.7 Å². The summed E-state index contributed by atoms with van der Waals surface area (Å²) < 4.78 is 25.8. The molecule has 1 aliphatic carbocycles. The molecule has 8 heteroatoms. The van der Waals surface area contributed by atoms with E-state index in [1.807, 2.05) is 0 Å². The molecule has 1 fully saturated rings. The van der Waals surface area contributed by atoms with Crippen molar-refractivity contribution >= 4 is 40.0 Å². The lowest BCUT2D eigenvalue weighted by Gasteiger charge is -2.25. The molecule has 130 valence electrons. The zero-order chi connectivity index (χ0) is 16.2. The highest BCUT2D eigenvalue weighted by atomic mass is 127. The molecule has 0 aliphatic heterocycles. The number of halogens is 1. The number of nitrogens with zero attached hydrogens (tertiary/aromatic N) is 2. The molecule has 0 aromatic heterocycles. The van der Waals surface area contributed by atoms with Crippen LogP contribution in [0.5, 0.6) is 0 Å². The molecule has 0 saturated heterocycles. The van der Waals surface area contributed by atoms with E-state index in [0.29, 0.717) is 17.4 Å². The Hall–Kier alpha value is -0.870. The van der Waals surface area contributed by atoms with Crippen LogP contribution in [0.2, 0.25) is 0 Å². The summed E-state index contributed by atoms with van der Waals surface area (Å²) in [7, 11) is -0.438. The summed E-state index contributed by atoms with van der Waals surface area (Å²) in [5, 5.41) is 3.10. The molecule has 0 atom stereocenters. The number of hydrogen-bond acceptors (Lipinski definition) is 3. The van der Waals surface area contributed by atoms with Crippen molar-refractivity contribution in [2.24, 2.45) is 16.6 Å². The molecule has 1 aromatic rings. The summed E-state index contributed by atoms with van der Waals surface area (Å²) in [5.41, 5.74) is 6.49. The van der Waals surface area contributed by atoms with E-state index in [-0.39, 0.29) is 35.4 Å². The molecule has 6 nitrogen and oxygen atoms in total. The molecule has 1 aliphatic rings. The van der Waals surface area contributed by atoms with Gasteiger partial charge in [0.2, 0.25) is 10.0 Å². The van der Waals surface area contributed by atoms with Crippen molar-refractivity contribution in [1.82, 2.24) is 9.62 Å². The van der Waals surface area contributed by atoms with Crippen LogP contribution in [-0.4, -0.2) is 39.3 Å². The van der Waals surface area contributed by atoms with Gasteiger partial charge in [0.25, 0.3) is 0 Å². The second-order valence-corrected chi connectivity index (χ2v) is 7.89. The van der Waals surface area contributed by atoms with Crippen LogP contribution in [0.4, 0.5) is 0 Å². The zero-order valence-corrected chi connectivity index (χ0v) is 16.7. The lowest BCUT2D eigenvalue weighted by atomic mass is 9.85. The van der Waals surface area contributed by atoms with Crippen LogP contribution in [0, 0.1) is 5.92 Å². The topological polar surface area (TPSA) is 87.8 Å². The summed E-state index contributed by atoms with van der Waals surface area (Å²) in [5.74, 6) is 1.05. The maximum absolute atomic E-state index is 12.3. The van der Waals surface area contributed by atoms with E-state index in [1.54, 1.807) is 24.3 Å². The average molecular weight is 452 g/mol. The second-order valence-electron chi connectivity index (χ2n) is 5.77. The highest BCUT2D eigenvalue weighted by molar-refractivity contribution is 14.0. The van der Waals surface area contributed by atoms with E-state index in [1.165, 1.54) is 37.7 Å². The second kappa shape index (κ2) is 8.84. The monoisotopic (exact) mass is 452 g/mol. The smallest absolute Gasteiger partial charge is 0.242 e. The van der Waals surface area contributed by atoms with Gasteiger partial charge in [-0.3, -0.25) is 0 Å². The molecular formula is C15H25IN4O2S. The minimum atomic E-state index is -3.47. The van der Waals surface area contributed by atoms with E-state index in [0.717, 1.165) is 6.54 Å². The van der Waals surface area contributed by atoms with Crippen LogP contribution in [0.15, 0.2) is 34.2 Å². The first-order valence-corrected chi connectivity index (χ1v) is 8.89. The van der Waals surface area contributed by atoms with Crippen molar-refractivity contribution in [3.05, 3.63) is 29.8 Å². The predicted octanol–water partition coefficient (Wildman–Crippen LogP) is 1.76. The van der Waals surface area contributed by atoms with E-state index in [9.17, 15) is 8.42 Å². The standard InChI is InChI=1S/C15H24N4O2S.HI/c1-19(2)22(20,21)14-9-4-3-8-13(14)11-18-15(16)17-10-12-6-5-7-12;/h3-4,8-9,12H,5-7,10-11H2,1-2H3,(H3,16,17,18);1H. The van der Waals surface area contributed by atoms with Gasteiger partial charge in [-0.2, -0.15) is 0 Å². The molecule has 0 bridgehead atoms. The van der Waals surface area contributed by atoms with Gasteiger partial charge in [-0.25, -0.2) is 17.7 Å². The summed E-state index contributed by atoms with van der Waals surface area (Å²) in [6, 6.07) is 6.87. The first-order chi connectivity index (χ1) is 10.4. The molecule has 1 saturated carbocycles. The number of sulfonamides is 1. The number of benzene rings is 1. The predicted molar refractivity (Wildman–Crippen MR) is 103 cm³/mol. The van der Waals surface area contributed by atoms with Gasteiger partial charge in [-0.15, -0.1) is 24.0 Å². The van der Waals surface area contributed by atoms with Gasteiger partial charge in [0.05, 0.1) is 11.4 Å². The van der Waals surface area contributed by atoms with Gasteiger partial charge in [0, 0.05) is 20.6 Å². The highest BCUT2D eigenvalue weighted by Crippen LogP contribution is 2.25. The van der Waals surface area contributed by atoms with E-state index >= 15 is 0 Å². The molecule has 0 unspecified atom stereocenters. The average Bonchev–Trinajstić information content (AvgIpc) is 2.43. The Bertz CT molecular complexity index is 643. The van der Waals surface area contributed by atoms with E-state index in [4.69, 9.17) is 5.73 Å². The molecular weight excluding hydrogens is 427 g/mol. The van der Waals surface area contributed by atoms with Gasteiger partial charge in [0.1, 0.15) is 0 Å². The van der Waals surface area contributed by atoms with Crippen molar-refractivity contribution < 1.29 is 8.42 Å². The molecule has 0 heterocycles. The molecule has 0 amide bonds. The van der Waals surface area contributed by atoms with Gasteiger partial charge >= 0.3 is 0 Å². The Labute approximate surface area is 155 Å². The Balaban J connectivity index is 0.00000264. The summed E-state index contributed by atoms with van der Waals surface area (Å²) in [6.07, 6.45) is 3.77. The fraction of sp³-hybridized carbons (Fsp3) is 0.533. The fourth-order valence-electron chi connectivity index (χ4n) is 2.25. The number of hydrogen-bond donors (Lipinski definition) is 2. The SMILES string of the molecule is CN(C)S(=O)(=O)c1ccccc1CN=C(N)NCC1CCC1.I. The molecule has 0 radical (unpaired) electrons. The Morgan fingerprint density at radius 3 is 2.57 bits per heavy atom. The van der Waals surface area contributed by atoms with Crippen LogP contribution in [0.25, 0.3) is 0 Å². The van der Waals surface area contributed by atoms with E-state index < -0.39 is 10.0 Å². The van der Waals surface area contributed by atoms with Crippen LogP contribution in [-0.2, 0) is 16.6 Å². The number of nitrogens with two attached hydrogens (primary N) is 1. The summed E-state index contributed by atoms with van der Waals surface area (Å²) in [4.78, 5) is 4.53. The lowest BCUT2D eigenvalue weighted by molar-refractivity contribution is 0.315. The van der Waals surface area contributed by atoms with Gasteiger partial charge in [-0.05, 0) is 30.4 Å². The van der Waals surface area contributed by atoms with Crippen molar-refractivity contribution in [3.8, 4) is 0 Å². The van der Waals surface area contributed by atoms with Crippen LogP contribution in [0.1, 0.15) is 24.8 Å². The maximum Gasteiger partial charge on any atom is 0.242 e. The Morgan fingerprint density at radius 1 is 1.35 bits per heavy atom. The summed E-state index contributed by atoms with van der Waals surface area (Å²) in [6.45, 7) is 1.08. The number of nitrogens with one attached hydrogen (secondary N) is 1. The molecule has 1 aromatic carbocycles. The van der Waals surface area contributed by atoms with Crippen molar-refractivity contribution in [2.75, 3.05) is 20.6 Å². The van der Waals surface area contributed by atoms with Gasteiger partial charge < -0.3 is 11.1 Å². The third kappa shape index (κ3) is 5.32. The first kappa shape index (κ1) is 20.2. The first-order valence-electron chi connectivity index (χ1n) is 7.45. The van der Waals surface area contributed by atoms with Crippen LogP contribution < -0.4 is 11.1 Å². The zero-order valence-electron chi connectivity index (χ0n) is 13.5. The normalized spacial score (nSPS) is 15.9. The number of guanidine groups is 1. The Morgan fingerprint density at radius 2 is 2.00 bits per heavy atom. The number of aliphatic imine (C=N–C) groups is 1. The van der Waals surface area contributed by atoms with Crippen molar-refractivity contribution in [3.63, 3.8) is 0 Å². The van der Waals surface area contributed by atoms with Gasteiger partial charge in [0.15, 0.2) is 5.96 Å². The molecule has 23 heavy (non-hydrogen) atoms. The fourth-order valence-corrected chi connectivity index (χ4v) is 3.36.